The van der Waals surface area contributed by atoms with Crippen molar-refractivity contribution in [2.75, 3.05) is 51.3 Å². The molecular weight excluding hydrogens is 412 g/mol. The third-order valence-electron chi connectivity index (χ3n) is 5.86. The fraction of sp³-hybridized carbons (Fsp3) is 0.333. The maximum absolute atomic E-state index is 12.8. The van der Waals surface area contributed by atoms with E-state index < -0.39 is 0 Å². The number of ether oxygens (including phenoxy) is 1. The number of anilines is 1. The summed E-state index contributed by atoms with van der Waals surface area (Å²) in [5, 5.41) is 6.37. The van der Waals surface area contributed by atoms with E-state index in [4.69, 9.17) is 4.74 Å². The lowest BCUT2D eigenvalue weighted by atomic mass is 10.0. The van der Waals surface area contributed by atoms with Gasteiger partial charge in [-0.25, -0.2) is 4.98 Å². The first-order valence-electron chi connectivity index (χ1n) is 11.7. The van der Waals surface area contributed by atoms with Crippen LogP contribution in [-0.4, -0.2) is 61.7 Å². The van der Waals surface area contributed by atoms with Gasteiger partial charge in [-0.3, -0.25) is 9.69 Å². The van der Waals surface area contributed by atoms with Crippen molar-refractivity contribution in [3.05, 3.63) is 84.1 Å². The second-order valence-corrected chi connectivity index (χ2v) is 8.20. The molecule has 1 aliphatic heterocycles. The lowest BCUT2D eigenvalue weighted by Gasteiger charge is -2.26. The summed E-state index contributed by atoms with van der Waals surface area (Å²) in [6, 6.07) is 22.5. The summed E-state index contributed by atoms with van der Waals surface area (Å²) in [4.78, 5) is 19.6. The van der Waals surface area contributed by atoms with Crippen LogP contribution >= 0.6 is 0 Å². The summed E-state index contributed by atoms with van der Waals surface area (Å²) in [5.74, 6) is 0.545. The number of carbonyl (C=O) groups is 1. The van der Waals surface area contributed by atoms with Crippen LogP contribution < -0.4 is 10.6 Å². The quantitative estimate of drug-likeness (QED) is 0.465. The zero-order valence-corrected chi connectivity index (χ0v) is 19.0. The molecule has 0 radical (unpaired) electrons. The molecule has 0 aliphatic carbocycles. The number of rotatable bonds is 10. The summed E-state index contributed by atoms with van der Waals surface area (Å²) in [6.07, 6.45) is 3.50. The average Bonchev–Trinajstić information content (AvgIpc) is 2.88. The molecule has 1 amide bonds. The SMILES string of the molecule is O=C(NCCc1ccc(-c2ccccc2)cc1)c1cccnc1NCCCN1CCOCC1. The van der Waals surface area contributed by atoms with E-state index in [2.05, 4.69) is 56.9 Å². The number of carbonyl (C=O) groups excluding carboxylic acids is 1. The highest BCUT2D eigenvalue weighted by molar-refractivity contribution is 5.98. The van der Waals surface area contributed by atoms with E-state index in [0.29, 0.717) is 17.9 Å². The molecule has 1 aliphatic rings. The monoisotopic (exact) mass is 444 g/mol. The first kappa shape index (κ1) is 23.0. The van der Waals surface area contributed by atoms with Crippen LogP contribution in [0, 0.1) is 0 Å². The van der Waals surface area contributed by atoms with Gasteiger partial charge in [0.2, 0.25) is 0 Å². The highest BCUT2D eigenvalue weighted by Crippen LogP contribution is 2.19. The van der Waals surface area contributed by atoms with Gasteiger partial charge in [0.25, 0.3) is 5.91 Å². The van der Waals surface area contributed by atoms with Gasteiger partial charge in [-0.2, -0.15) is 0 Å². The Morgan fingerprint density at radius 3 is 2.45 bits per heavy atom. The molecule has 4 rings (SSSR count). The van der Waals surface area contributed by atoms with Gasteiger partial charge >= 0.3 is 0 Å². The van der Waals surface area contributed by atoms with Gasteiger partial charge in [0.1, 0.15) is 5.82 Å². The van der Waals surface area contributed by atoms with Crippen molar-refractivity contribution in [1.82, 2.24) is 15.2 Å². The molecule has 1 fully saturated rings. The molecule has 2 N–H and O–H groups in total. The average molecular weight is 445 g/mol. The Bertz CT molecular complexity index is 1000. The van der Waals surface area contributed by atoms with Crippen molar-refractivity contribution in [2.45, 2.75) is 12.8 Å². The number of nitrogens with zero attached hydrogens (tertiary/aromatic N) is 2. The predicted molar refractivity (Wildman–Crippen MR) is 133 cm³/mol. The zero-order chi connectivity index (χ0) is 22.7. The molecule has 0 bridgehead atoms. The number of pyridine rings is 1. The Labute approximate surface area is 196 Å². The van der Waals surface area contributed by atoms with E-state index in [1.807, 2.05) is 24.3 Å². The highest BCUT2D eigenvalue weighted by atomic mass is 16.5. The van der Waals surface area contributed by atoms with Gasteiger partial charge in [0.15, 0.2) is 0 Å². The van der Waals surface area contributed by atoms with E-state index in [-0.39, 0.29) is 5.91 Å². The van der Waals surface area contributed by atoms with Crippen molar-refractivity contribution in [3.63, 3.8) is 0 Å². The van der Waals surface area contributed by atoms with Crippen LogP contribution in [0.2, 0.25) is 0 Å². The van der Waals surface area contributed by atoms with E-state index in [1.165, 1.54) is 16.7 Å². The molecule has 0 saturated carbocycles. The third-order valence-corrected chi connectivity index (χ3v) is 5.86. The minimum Gasteiger partial charge on any atom is -0.379 e. The lowest BCUT2D eigenvalue weighted by Crippen LogP contribution is -2.37. The van der Waals surface area contributed by atoms with Crippen LogP contribution in [0.3, 0.4) is 0 Å². The molecule has 0 spiro atoms. The summed E-state index contributed by atoms with van der Waals surface area (Å²) in [7, 11) is 0. The summed E-state index contributed by atoms with van der Waals surface area (Å²) >= 11 is 0. The van der Waals surface area contributed by atoms with Crippen molar-refractivity contribution >= 4 is 11.7 Å². The summed E-state index contributed by atoms with van der Waals surface area (Å²) < 4.78 is 5.39. The fourth-order valence-corrected chi connectivity index (χ4v) is 3.97. The van der Waals surface area contributed by atoms with Crippen LogP contribution in [0.25, 0.3) is 11.1 Å². The van der Waals surface area contributed by atoms with Crippen LogP contribution in [0.4, 0.5) is 5.82 Å². The Balaban J connectivity index is 1.23. The number of aromatic nitrogens is 1. The van der Waals surface area contributed by atoms with Crippen molar-refractivity contribution in [3.8, 4) is 11.1 Å². The molecule has 3 aromatic rings. The van der Waals surface area contributed by atoms with E-state index in [0.717, 1.165) is 52.2 Å². The molecule has 0 unspecified atom stereocenters. The standard InChI is InChI=1S/C27H32N4O2/c32-27(30-16-13-22-9-11-24(12-10-22)23-6-2-1-3-7-23)25-8-4-14-28-26(25)29-15-5-17-31-18-20-33-21-19-31/h1-4,6-12,14H,5,13,15-21H2,(H,28,29)(H,30,32). The lowest BCUT2D eigenvalue weighted by molar-refractivity contribution is 0.0378. The predicted octanol–water partition coefficient (Wildman–Crippen LogP) is 3.86. The molecule has 6 heteroatoms. The first-order valence-corrected chi connectivity index (χ1v) is 11.7. The first-order chi connectivity index (χ1) is 16.3. The van der Waals surface area contributed by atoms with Crippen LogP contribution in [0.1, 0.15) is 22.3 Å². The largest absolute Gasteiger partial charge is 0.379 e. The molecule has 33 heavy (non-hydrogen) atoms. The summed E-state index contributed by atoms with van der Waals surface area (Å²) in [6.45, 7) is 5.99. The van der Waals surface area contributed by atoms with Crippen LogP contribution in [0.15, 0.2) is 72.9 Å². The third kappa shape index (κ3) is 6.88. The number of hydrogen-bond acceptors (Lipinski definition) is 5. The van der Waals surface area contributed by atoms with Crippen LogP contribution in [-0.2, 0) is 11.2 Å². The molecule has 2 aromatic carbocycles. The number of morpholine rings is 1. The van der Waals surface area contributed by atoms with Crippen molar-refractivity contribution in [2.24, 2.45) is 0 Å². The Morgan fingerprint density at radius 2 is 1.67 bits per heavy atom. The van der Waals surface area contributed by atoms with Gasteiger partial charge in [0, 0.05) is 32.4 Å². The molecule has 1 saturated heterocycles. The van der Waals surface area contributed by atoms with Gasteiger partial charge in [0.05, 0.1) is 18.8 Å². The normalized spacial score (nSPS) is 14.1. The Kier molecular flexibility index (Phi) is 8.44. The zero-order valence-electron chi connectivity index (χ0n) is 19.0. The number of amides is 1. The van der Waals surface area contributed by atoms with Crippen molar-refractivity contribution in [1.29, 1.82) is 0 Å². The molecule has 172 valence electrons. The topological polar surface area (TPSA) is 66.5 Å². The van der Waals surface area contributed by atoms with Gasteiger partial charge < -0.3 is 15.4 Å². The second kappa shape index (κ2) is 12.1. The summed E-state index contributed by atoms with van der Waals surface area (Å²) in [5.41, 5.74) is 4.19. The number of nitrogens with one attached hydrogen (secondary N) is 2. The molecule has 6 nitrogen and oxygen atoms in total. The van der Waals surface area contributed by atoms with Crippen LogP contribution in [0.5, 0.6) is 0 Å². The minimum absolute atomic E-state index is 0.0975. The van der Waals surface area contributed by atoms with Gasteiger partial charge in [-0.15, -0.1) is 0 Å². The highest BCUT2D eigenvalue weighted by Gasteiger charge is 2.13. The number of benzene rings is 2. The maximum atomic E-state index is 12.8. The van der Waals surface area contributed by atoms with E-state index >= 15 is 0 Å². The van der Waals surface area contributed by atoms with Gasteiger partial charge in [-0.05, 0) is 48.2 Å². The minimum atomic E-state index is -0.0975. The maximum Gasteiger partial charge on any atom is 0.255 e. The smallest absolute Gasteiger partial charge is 0.255 e. The Morgan fingerprint density at radius 1 is 0.909 bits per heavy atom. The van der Waals surface area contributed by atoms with Crippen molar-refractivity contribution < 1.29 is 9.53 Å². The fourth-order valence-electron chi connectivity index (χ4n) is 3.97. The molecular formula is C27H32N4O2. The molecule has 0 atom stereocenters. The molecule has 1 aromatic heterocycles. The molecule has 2 heterocycles. The number of hydrogen-bond donors (Lipinski definition) is 2. The second-order valence-electron chi connectivity index (χ2n) is 8.20. The van der Waals surface area contributed by atoms with E-state index in [9.17, 15) is 4.79 Å². The Hall–Kier alpha value is -3.22. The van der Waals surface area contributed by atoms with Gasteiger partial charge in [-0.1, -0.05) is 54.6 Å². The van der Waals surface area contributed by atoms with E-state index in [1.54, 1.807) is 12.3 Å².